The minimum atomic E-state index is -0.473. The molecule has 3 nitrogen and oxygen atoms in total. The Bertz CT molecular complexity index is 486. The maximum atomic E-state index is 13.6. The normalized spacial score (nSPS) is 10.6. The summed E-state index contributed by atoms with van der Waals surface area (Å²) in [6.45, 7) is 0.305. The lowest BCUT2D eigenvalue weighted by Gasteiger charge is -1.98. The molecule has 78 valence electrons. The number of hydrogen-bond acceptors (Lipinski definition) is 4. The molecule has 0 saturated heterocycles. The van der Waals surface area contributed by atoms with E-state index in [-0.39, 0.29) is 5.02 Å². The molecule has 1 heterocycles. The SMILES string of the molecule is NCc1nnc(-c2cccc(Cl)c2F)s1. The summed E-state index contributed by atoms with van der Waals surface area (Å²) in [6, 6.07) is 4.78. The molecule has 2 aromatic rings. The fourth-order valence-electron chi connectivity index (χ4n) is 1.11. The molecule has 2 rings (SSSR count). The Morgan fingerprint density at radius 3 is 2.87 bits per heavy atom. The standard InChI is InChI=1S/C9H7ClFN3S/c10-6-3-1-2-5(8(6)11)9-14-13-7(4-12)15-9/h1-3H,4,12H2. The van der Waals surface area contributed by atoms with Gasteiger partial charge in [-0.1, -0.05) is 29.0 Å². The quantitative estimate of drug-likeness (QED) is 0.882. The van der Waals surface area contributed by atoms with Crippen LogP contribution in [0.3, 0.4) is 0 Å². The fourth-order valence-corrected chi connectivity index (χ4v) is 2.03. The molecule has 1 aromatic heterocycles. The first-order chi connectivity index (χ1) is 7.22. The predicted molar refractivity (Wildman–Crippen MR) is 58.2 cm³/mol. The molecule has 0 unspecified atom stereocenters. The lowest BCUT2D eigenvalue weighted by atomic mass is 10.2. The molecule has 0 amide bonds. The van der Waals surface area contributed by atoms with Crippen molar-refractivity contribution in [3.8, 4) is 10.6 Å². The molecule has 0 bridgehead atoms. The van der Waals surface area contributed by atoms with E-state index in [9.17, 15) is 4.39 Å². The molecule has 0 aliphatic heterocycles. The van der Waals surface area contributed by atoms with E-state index in [1.807, 2.05) is 0 Å². The fraction of sp³-hybridized carbons (Fsp3) is 0.111. The van der Waals surface area contributed by atoms with Gasteiger partial charge < -0.3 is 5.73 Å². The second kappa shape index (κ2) is 4.22. The van der Waals surface area contributed by atoms with Crippen LogP contribution in [0.15, 0.2) is 18.2 Å². The summed E-state index contributed by atoms with van der Waals surface area (Å²) in [5.74, 6) is -0.473. The highest BCUT2D eigenvalue weighted by Gasteiger charge is 2.12. The van der Waals surface area contributed by atoms with Gasteiger partial charge in [0.15, 0.2) is 10.8 Å². The number of rotatable bonds is 2. The third-order valence-corrected chi connectivity index (χ3v) is 3.09. The molecule has 1 aromatic carbocycles. The molecule has 0 fully saturated rings. The molecule has 0 atom stereocenters. The number of aromatic nitrogens is 2. The summed E-state index contributed by atoms with van der Waals surface area (Å²) >= 11 is 6.92. The van der Waals surface area contributed by atoms with E-state index in [0.29, 0.717) is 22.1 Å². The van der Waals surface area contributed by atoms with Gasteiger partial charge in [0, 0.05) is 12.1 Å². The van der Waals surface area contributed by atoms with Crippen LogP contribution in [0.1, 0.15) is 5.01 Å². The number of nitrogens with two attached hydrogens (primary N) is 1. The van der Waals surface area contributed by atoms with Crippen molar-refractivity contribution in [3.05, 3.63) is 34.0 Å². The van der Waals surface area contributed by atoms with Gasteiger partial charge in [-0.3, -0.25) is 0 Å². The summed E-state index contributed by atoms with van der Waals surface area (Å²) in [5, 5.41) is 8.91. The van der Waals surface area contributed by atoms with Crippen LogP contribution in [-0.2, 0) is 6.54 Å². The van der Waals surface area contributed by atoms with Gasteiger partial charge >= 0.3 is 0 Å². The van der Waals surface area contributed by atoms with Crippen molar-refractivity contribution >= 4 is 22.9 Å². The Balaban J connectivity index is 2.49. The van der Waals surface area contributed by atoms with Crippen molar-refractivity contribution in [1.82, 2.24) is 10.2 Å². The first-order valence-electron chi connectivity index (χ1n) is 4.19. The summed E-state index contributed by atoms with van der Waals surface area (Å²) in [5.41, 5.74) is 5.76. The second-order valence-corrected chi connectivity index (χ2v) is 4.28. The Labute approximate surface area is 94.7 Å². The Morgan fingerprint density at radius 1 is 1.40 bits per heavy atom. The van der Waals surface area contributed by atoms with Crippen molar-refractivity contribution in [2.24, 2.45) is 5.73 Å². The number of hydrogen-bond donors (Lipinski definition) is 1. The lowest BCUT2D eigenvalue weighted by Crippen LogP contribution is -1.94. The first kappa shape index (κ1) is 10.5. The maximum absolute atomic E-state index is 13.6. The zero-order valence-electron chi connectivity index (χ0n) is 7.58. The predicted octanol–water partition coefficient (Wildman–Crippen LogP) is 2.46. The van der Waals surface area contributed by atoms with E-state index in [2.05, 4.69) is 10.2 Å². The molecular formula is C9H7ClFN3S. The van der Waals surface area contributed by atoms with Gasteiger partial charge in [0.05, 0.1) is 5.02 Å². The zero-order chi connectivity index (χ0) is 10.8. The summed E-state index contributed by atoms with van der Waals surface area (Å²) in [4.78, 5) is 0. The van der Waals surface area contributed by atoms with Crippen molar-refractivity contribution in [1.29, 1.82) is 0 Å². The van der Waals surface area contributed by atoms with Crippen LogP contribution in [0.5, 0.6) is 0 Å². The zero-order valence-corrected chi connectivity index (χ0v) is 9.15. The molecule has 0 spiro atoms. The van der Waals surface area contributed by atoms with Gasteiger partial charge in [-0.15, -0.1) is 10.2 Å². The minimum Gasteiger partial charge on any atom is -0.324 e. The highest BCUT2D eigenvalue weighted by molar-refractivity contribution is 7.14. The van der Waals surface area contributed by atoms with E-state index in [1.54, 1.807) is 12.1 Å². The summed E-state index contributed by atoms with van der Waals surface area (Å²) < 4.78 is 13.6. The molecule has 0 aliphatic carbocycles. The number of nitrogens with zero attached hydrogens (tertiary/aromatic N) is 2. The van der Waals surface area contributed by atoms with E-state index in [4.69, 9.17) is 17.3 Å². The molecule has 0 radical (unpaired) electrons. The Hall–Kier alpha value is -1.04. The number of halogens is 2. The average Bonchev–Trinajstić information content (AvgIpc) is 2.70. The molecular weight excluding hydrogens is 237 g/mol. The van der Waals surface area contributed by atoms with Crippen LogP contribution >= 0.6 is 22.9 Å². The van der Waals surface area contributed by atoms with Crippen molar-refractivity contribution in [3.63, 3.8) is 0 Å². The maximum Gasteiger partial charge on any atom is 0.152 e. The van der Waals surface area contributed by atoms with Crippen LogP contribution < -0.4 is 5.73 Å². The Morgan fingerprint density at radius 2 is 2.20 bits per heavy atom. The van der Waals surface area contributed by atoms with E-state index >= 15 is 0 Å². The van der Waals surface area contributed by atoms with E-state index in [0.717, 1.165) is 0 Å². The van der Waals surface area contributed by atoms with Gasteiger partial charge in [0.1, 0.15) is 5.01 Å². The molecule has 0 aliphatic rings. The minimum absolute atomic E-state index is 0.0806. The third kappa shape index (κ3) is 1.99. The third-order valence-electron chi connectivity index (χ3n) is 1.82. The Kier molecular flexibility index (Phi) is 2.95. The number of benzene rings is 1. The first-order valence-corrected chi connectivity index (χ1v) is 5.38. The van der Waals surface area contributed by atoms with E-state index in [1.165, 1.54) is 17.4 Å². The van der Waals surface area contributed by atoms with Crippen molar-refractivity contribution in [2.75, 3.05) is 0 Å². The molecule has 15 heavy (non-hydrogen) atoms. The smallest absolute Gasteiger partial charge is 0.152 e. The highest BCUT2D eigenvalue weighted by Crippen LogP contribution is 2.29. The lowest BCUT2D eigenvalue weighted by molar-refractivity contribution is 0.631. The van der Waals surface area contributed by atoms with Crippen LogP contribution in [0.2, 0.25) is 5.02 Å². The molecule has 6 heteroatoms. The van der Waals surface area contributed by atoms with Crippen molar-refractivity contribution in [2.45, 2.75) is 6.54 Å². The van der Waals surface area contributed by atoms with Crippen LogP contribution in [0, 0.1) is 5.82 Å². The van der Waals surface area contributed by atoms with E-state index < -0.39 is 5.82 Å². The van der Waals surface area contributed by atoms with Crippen LogP contribution in [0.25, 0.3) is 10.6 Å². The van der Waals surface area contributed by atoms with Crippen LogP contribution in [-0.4, -0.2) is 10.2 Å². The second-order valence-electron chi connectivity index (χ2n) is 2.81. The largest absolute Gasteiger partial charge is 0.324 e. The molecule has 2 N–H and O–H groups in total. The molecule has 0 saturated carbocycles. The van der Waals surface area contributed by atoms with Gasteiger partial charge in [-0.05, 0) is 12.1 Å². The van der Waals surface area contributed by atoms with Gasteiger partial charge in [0.25, 0.3) is 0 Å². The van der Waals surface area contributed by atoms with Gasteiger partial charge in [0.2, 0.25) is 0 Å². The summed E-state index contributed by atoms with van der Waals surface area (Å²) in [7, 11) is 0. The van der Waals surface area contributed by atoms with Crippen molar-refractivity contribution < 1.29 is 4.39 Å². The average molecular weight is 244 g/mol. The van der Waals surface area contributed by atoms with Gasteiger partial charge in [-0.2, -0.15) is 0 Å². The van der Waals surface area contributed by atoms with Crippen LogP contribution in [0.4, 0.5) is 4.39 Å². The van der Waals surface area contributed by atoms with Gasteiger partial charge in [-0.25, -0.2) is 4.39 Å². The topological polar surface area (TPSA) is 51.8 Å². The summed E-state index contributed by atoms with van der Waals surface area (Å²) in [6.07, 6.45) is 0. The highest BCUT2D eigenvalue weighted by atomic mass is 35.5. The monoisotopic (exact) mass is 243 g/mol.